The molecular formula is C14H23ClN2O2. The predicted octanol–water partition coefficient (Wildman–Crippen LogP) is 2.45. The van der Waals surface area contributed by atoms with E-state index < -0.39 is 0 Å². The van der Waals surface area contributed by atoms with Crippen LogP contribution < -0.4 is 0 Å². The first kappa shape index (κ1) is 14.8. The highest BCUT2D eigenvalue weighted by atomic mass is 35.5. The molecule has 1 saturated heterocycles. The minimum Gasteiger partial charge on any atom is -0.396 e. The van der Waals surface area contributed by atoms with E-state index in [0.717, 1.165) is 42.2 Å². The fourth-order valence-corrected chi connectivity index (χ4v) is 3.17. The number of hydrogen-bond donors (Lipinski definition) is 1. The predicted molar refractivity (Wildman–Crippen MR) is 75.5 cm³/mol. The Hall–Kier alpha value is -0.580. The summed E-state index contributed by atoms with van der Waals surface area (Å²) in [6.45, 7) is 7.78. The monoisotopic (exact) mass is 286 g/mol. The zero-order valence-corrected chi connectivity index (χ0v) is 12.7. The molecule has 1 fully saturated rings. The number of aromatic nitrogens is 2. The molecule has 0 amide bonds. The summed E-state index contributed by atoms with van der Waals surface area (Å²) in [5, 5.41) is 15.1. The maximum atomic E-state index is 9.81. The van der Waals surface area contributed by atoms with Crippen molar-refractivity contribution >= 4 is 11.6 Å². The molecule has 19 heavy (non-hydrogen) atoms. The lowest BCUT2D eigenvalue weighted by Crippen LogP contribution is -2.35. The molecule has 1 aromatic heterocycles. The normalized spacial score (nSPS) is 27.1. The molecule has 2 heterocycles. The number of aryl methyl sites for hydroxylation is 2. The van der Waals surface area contributed by atoms with Crippen molar-refractivity contribution in [2.75, 3.05) is 13.2 Å². The van der Waals surface area contributed by atoms with Crippen LogP contribution in [0.5, 0.6) is 0 Å². The van der Waals surface area contributed by atoms with E-state index in [-0.39, 0.29) is 18.1 Å². The number of aliphatic hydroxyl groups excluding tert-OH is 1. The van der Waals surface area contributed by atoms with Crippen molar-refractivity contribution in [2.24, 2.45) is 5.41 Å². The van der Waals surface area contributed by atoms with Crippen LogP contribution in [0.15, 0.2) is 0 Å². The van der Waals surface area contributed by atoms with Crippen LogP contribution in [-0.4, -0.2) is 34.2 Å². The van der Waals surface area contributed by atoms with E-state index in [0.29, 0.717) is 6.61 Å². The van der Waals surface area contributed by atoms with Gasteiger partial charge in [-0.3, -0.25) is 4.68 Å². The van der Waals surface area contributed by atoms with Crippen LogP contribution >= 0.6 is 11.6 Å². The van der Waals surface area contributed by atoms with E-state index in [9.17, 15) is 5.11 Å². The standard InChI is InChI=1S/C14H23ClN2O2/c1-4-11-13(15)12(17(5-2)16-11)8-14(9-18)6-7-19-10(14)3/h10,18H,4-9H2,1-3H3. The van der Waals surface area contributed by atoms with Crippen molar-refractivity contribution in [1.82, 2.24) is 9.78 Å². The topological polar surface area (TPSA) is 47.3 Å². The molecule has 1 aliphatic rings. The highest BCUT2D eigenvalue weighted by molar-refractivity contribution is 6.31. The summed E-state index contributed by atoms with van der Waals surface area (Å²) < 4.78 is 7.61. The highest BCUT2D eigenvalue weighted by Crippen LogP contribution is 2.39. The molecule has 1 aromatic rings. The van der Waals surface area contributed by atoms with Crippen LogP contribution in [-0.2, 0) is 24.1 Å². The third-order valence-corrected chi connectivity index (χ3v) is 4.80. The molecule has 2 unspecified atom stereocenters. The lowest BCUT2D eigenvalue weighted by Gasteiger charge is -2.30. The second-order valence-corrected chi connectivity index (χ2v) is 5.71. The van der Waals surface area contributed by atoms with Crippen LogP contribution in [0.2, 0.25) is 5.02 Å². The number of ether oxygens (including phenoxy) is 1. The summed E-state index contributed by atoms with van der Waals surface area (Å²) >= 11 is 6.45. The molecule has 108 valence electrons. The van der Waals surface area contributed by atoms with Gasteiger partial charge in [0.15, 0.2) is 0 Å². The van der Waals surface area contributed by atoms with Crippen LogP contribution in [0.25, 0.3) is 0 Å². The maximum absolute atomic E-state index is 9.81. The fraction of sp³-hybridized carbons (Fsp3) is 0.786. The van der Waals surface area contributed by atoms with Crippen molar-refractivity contribution in [2.45, 2.75) is 52.7 Å². The van der Waals surface area contributed by atoms with E-state index >= 15 is 0 Å². The van der Waals surface area contributed by atoms with Gasteiger partial charge in [-0.05, 0) is 26.7 Å². The average Bonchev–Trinajstić information content (AvgIpc) is 2.93. The first-order valence-corrected chi connectivity index (χ1v) is 7.42. The quantitative estimate of drug-likeness (QED) is 0.904. The van der Waals surface area contributed by atoms with E-state index in [4.69, 9.17) is 16.3 Å². The molecule has 1 N–H and O–H groups in total. The number of aliphatic hydroxyl groups is 1. The van der Waals surface area contributed by atoms with Crippen molar-refractivity contribution in [3.8, 4) is 0 Å². The van der Waals surface area contributed by atoms with Gasteiger partial charge in [0.25, 0.3) is 0 Å². The minimum absolute atomic E-state index is 0.0545. The van der Waals surface area contributed by atoms with Gasteiger partial charge in [-0.25, -0.2) is 0 Å². The number of nitrogens with zero attached hydrogens (tertiary/aromatic N) is 2. The van der Waals surface area contributed by atoms with Gasteiger partial charge < -0.3 is 9.84 Å². The van der Waals surface area contributed by atoms with E-state index in [1.807, 2.05) is 11.6 Å². The number of halogens is 1. The second-order valence-electron chi connectivity index (χ2n) is 5.34. The van der Waals surface area contributed by atoms with Gasteiger partial charge in [-0.15, -0.1) is 0 Å². The molecule has 0 saturated carbocycles. The van der Waals surface area contributed by atoms with E-state index in [2.05, 4.69) is 18.9 Å². The Labute approximate surface area is 119 Å². The number of rotatable bonds is 5. The second kappa shape index (κ2) is 5.81. The minimum atomic E-state index is -0.221. The van der Waals surface area contributed by atoms with Gasteiger partial charge in [0, 0.05) is 25.0 Å². The molecule has 0 aliphatic carbocycles. The number of hydrogen-bond acceptors (Lipinski definition) is 3. The Bertz CT molecular complexity index is 447. The molecule has 2 atom stereocenters. The van der Waals surface area contributed by atoms with Gasteiger partial charge in [0.1, 0.15) is 0 Å². The summed E-state index contributed by atoms with van der Waals surface area (Å²) in [5.41, 5.74) is 1.76. The SMILES string of the molecule is CCc1nn(CC)c(CC2(CO)CCOC2C)c1Cl. The van der Waals surface area contributed by atoms with E-state index in [1.54, 1.807) is 0 Å². The Balaban J connectivity index is 2.34. The molecule has 2 rings (SSSR count). The third kappa shape index (κ3) is 2.54. The molecule has 5 heteroatoms. The lowest BCUT2D eigenvalue weighted by molar-refractivity contribution is 0.0260. The van der Waals surface area contributed by atoms with Crippen molar-refractivity contribution < 1.29 is 9.84 Å². The molecule has 0 aromatic carbocycles. The Kier molecular flexibility index (Phi) is 4.54. The molecule has 0 bridgehead atoms. The Morgan fingerprint density at radius 3 is 2.74 bits per heavy atom. The third-order valence-electron chi connectivity index (χ3n) is 4.36. The molecule has 1 aliphatic heterocycles. The Morgan fingerprint density at radius 2 is 2.26 bits per heavy atom. The molecule has 4 nitrogen and oxygen atoms in total. The van der Waals surface area contributed by atoms with Crippen LogP contribution in [0.1, 0.15) is 38.6 Å². The van der Waals surface area contributed by atoms with Gasteiger partial charge in [-0.2, -0.15) is 5.10 Å². The molecule has 0 radical (unpaired) electrons. The fourth-order valence-electron chi connectivity index (χ4n) is 2.83. The first-order valence-electron chi connectivity index (χ1n) is 7.04. The molecular weight excluding hydrogens is 264 g/mol. The first-order chi connectivity index (χ1) is 9.07. The smallest absolute Gasteiger partial charge is 0.0850 e. The van der Waals surface area contributed by atoms with Gasteiger partial charge in [0.2, 0.25) is 0 Å². The van der Waals surface area contributed by atoms with Gasteiger partial charge in [0.05, 0.1) is 29.1 Å². The van der Waals surface area contributed by atoms with Crippen LogP contribution in [0.3, 0.4) is 0 Å². The van der Waals surface area contributed by atoms with Crippen LogP contribution in [0, 0.1) is 5.41 Å². The zero-order chi connectivity index (χ0) is 14.0. The zero-order valence-electron chi connectivity index (χ0n) is 11.9. The summed E-state index contributed by atoms with van der Waals surface area (Å²) in [7, 11) is 0. The van der Waals surface area contributed by atoms with Crippen molar-refractivity contribution in [1.29, 1.82) is 0 Å². The van der Waals surface area contributed by atoms with Crippen LogP contribution in [0.4, 0.5) is 0 Å². The largest absolute Gasteiger partial charge is 0.396 e. The Morgan fingerprint density at radius 1 is 1.53 bits per heavy atom. The average molecular weight is 287 g/mol. The van der Waals surface area contributed by atoms with Crippen molar-refractivity contribution in [3.63, 3.8) is 0 Å². The van der Waals surface area contributed by atoms with Gasteiger partial charge >= 0.3 is 0 Å². The summed E-state index contributed by atoms with van der Waals surface area (Å²) in [6.07, 6.45) is 2.48. The van der Waals surface area contributed by atoms with Gasteiger partial charge in [-0.1, -0.05) is 18.5 Å². The molecule has 0 spiro atoms. The van der Waals surface area contributed by atoms with E-state index in [1.165, 1.54) is 0 Å². The highest BCUT2D eigenvalue weighted by Gasteiger charge is 2.42. The summed E-state index contributed by atoms with van der Waals surface area (Å²) in [6, 6.07) is 0. The maximum Gasteiger partial charge on any atom is 0.0850 e. The van der Waals surface area contributed by atoms with Crippen molar-refractivity contribution in [3.05, 3.63) is 16.4 Å². The summed E-state index contributed by atoms with van der Waals surface area (Å²) in [4.78, 5) is 0. The lowest BCUT2D eigenvalue weighted by atomic mass is 9.78. The summed E-state index contributed by atoms with van der Waals surface area (Å²) in [5.74, 6) is 0.